The number of aliphatic imine (C=N–C) groups is 1. The summed E-state index contributed by atoms with van der Waals surface area (Å²) in [5, 5.41) is 18.4. The number of halogens is 3. The van der Waals surface area contributed by atoms with Crippen LogP contribution in [0.1, 0.15) is 11.1 Å². The van der Waals surface area contributed by atoms with Crippen LogP contribution in [0.15, 0.2) is 52.1 Å². The molecule has 8 nitrogen and oxygen atoms in total. The normalized spacial score (nSPS) is 15.1. The third kappa shape index (κ3) is 6.99. The fraction of sp³-hybridized carbons (Fsp3) is 0.304. The summed E-state index contributed by atoms with van der Waals surface area (Å²) in [5.74, 6) is -0.591. The highest BCUT2D eigenvalue weighted by Crippen LogP contribution is 2.35. The van der Waals surface area contributed by atoms with Crippen molar-refractivity contribution in [3.05, 3.63) is 63.2 Å². The molecular weight excluding hydrogens is 482 g/mol. The molecule has 3 rings (SSSR count). The van der Waals surface area contributed by atoms with Crippen molar-refractivity contribution in [2.24, 2.45) is 15.8 Å². The van der Waals surface area contributed by atoms with Gasteiger partial charge in [0.25, 0.3) is 0 Å². The number of rotatable bonds is 9. The Hall–Kier alpha value is -3.01. The lowest BCUT2D eigenvalue weighted by atomic mass is 10.1. The Bertz CT molecular complexity index is 1070. The molecule has 182 valence electrons. The fourth-order valence-electron chi connectivity index (χ4n) is 3.26. The van der Waals surface area contributed by atoms with Gasteiger partial charge in [0, 0.05) is 37.0 Å². The molecule has 0 amide bonds. The molecule has 1 aliphatic rings. The molecule has 0 spiro atoms. The Morgan fingerprint density at radius 1 is 1.26 bits per heavy atom. The van der Waals surface area contributed by atoms with Gasteiger partial charge >= 0.3 is 0 Å². The Balaban J connectivity index is 1.54. The number of allylic oxidation sites excluding steroid dienone is 1. The molecule has 0 atom stereocenters. The van der Waals surface area contributed by atoms with Crippen LogP contribution in [0.4, 0.5) is 15.8 Å². The second-order valence-electron chi connectivity index (χ2n) is 7.50. The van der Waals surface area contributed by atoms with Crippen molar-refractivity contribution in [2.75, 3.05) is 38.3 Å². The number of para-hydroxylation sites is 1. The van der Waals surface area contributed by atoms with E-state index in [1.54, 1.807) is 29.3 Å². The van der Waals surface area contributed by atoms with Gasteiger partial charge in [-0.15, -0.1) is 0 Å². The number of aromatic hydroxyl groups is 1. The molecule has 0 aliphatic carbocycles. The van der Waals surface area contributed by atoms with Crippen molar-refractivity contribution in [3.8, 4) is 5.75 Å². The van der Waals surface area contributed by atoms with Crippen molar-refractivity contribution >= 4 is 47.0 Å². The van der Waals surface area contributed by atoms with E-state index >= 15 is 0 Å². The maximum atomic E-state index is 14.1. The molecule has 1 saturated heterocycles. The molecule has 5 N–H and O–H groups in total. The average Bonchev–Trinajstić information content (AvgIpc) is 2.83. The molecule has 2 aromatic rings. The van der Waals surface area contributed by atoms with E-state index in [4.69, 9.17) is 33.7 Å². The molecule has 2 aromatic carbocycles. The number of nitrogens with zero attached hydrogens (tertiary/aromatic N) is 3. The van der Waals surface area contributed by atoms with Gasteiger partial charge in [0.1, 0.15) is 18.2 Å². The molecule has 0 saturated carbocycles. The van der Waals surface area contributed by atoms with E-state index in [9.17, 15) is 9.50 Å². The van der Waals surface area contributed by atoms with E-state index in [1.807, 2.05) is 19.1 Å². The highest BCUT2D eigenvalue weighted by molar-refractivity contribution is 6.34. The van der Waals surface area contributed by atoms with Crippen LogP contribution in [-0.4, -0.2) is 55.4 Å². The van der Waals surface area contributed by atoms with Gasteiger partial charge in [-0.2, -0.15) is 5.10 Å². The minimum atomic E-state index is -0.606. The van der Waals surface area contributed by atoms with Gasteiger partial charge in [-0.25, -0.2) is 4.39 Å². The summed E-state index contributed by atoms with van der Waals surface area (Å²) in [6.07, 6.45) is 2.92. The van der Waals surface area contributed by atoms with E-state index in [0.717, 1.165) is 17.5 Å². The molecule has 0 unspecified atom stereocenters. The van der Waals surface area contributed by atoms with Crippen LogP contribution in [0, 0.1) is 6.92 Å². The Kier molecular flexibility index (Phi) is 9.38. The number of hydrogen-bond donors (Lipinski definition) is 4. The second-order valence-corrected chi connectivity index (χ2v) is 8.31. The van der Waals surface area contributed by atoms with E-state index in [1.165, 1.54) is 0 Å². The standard InChI is InChI=1S/C23H27Cl2FN6O2/c1-15-3-2-4-18(24)21(15)31-17-11-16(22(33)19(25)12-17)5-6-29-30-14-28-13-20(26)23(27)32-7-9-34-10-8-32/h2-4,6,11-13,30-31,33H,5,7-10,14,27H2,1H3/b23-20-,28-13-,29-6-. The Morgan fingerprint density at radius 2 is 2.03 bits per heavy atom. The fourth-order valence-corrected chi connectivity index (χ4v) is 3.76. The maximum absolute atomic E-state index is 14.1. The summed E-state index contributed by atoms with van der Waals surface area (Å²) in [4.78, 5) is 5.64. The first-order valence-electron chi connectivity index (χ1n) is 10.6. The molecular formula is C23H27Cl2FN6O2. The van der Waals surface area contributed by atoms with Crippen LogP contribution in [-0.2, 0) is 11.2 Å². The van der Waals surface area contributed by atoms with E-state index in [-0.39, 0.29) is 23.3 Å². The largest absolute Gasteiger partial charge is 0.506 e. The third-order valence-electron chi connectivity index (χ3n) is 5.09. The van der Waals surface area contributed by atoms with Gasteiger partial charge in [-0.05, 0) is 30.7 Å². The van der Waals surface area contributed by atoms with Gasteiger partial charge in [0.05, 0.1) is 35.2 Å². The van der Waals surface area contributed by atoms with Crippen LogP contribution >= 0.6 is 23.2 Å². The molecule has 34 heavy (non-hydrogen) atoms. The second kappa shape index (κ2) is 12.5. The number of aryl methyl sites for hydroxylation is 1. The maximum Gasteiger partial charge on any atom is 0.180 e. The zero-order valence-electron chi connectivity index (χ0n) is 18.7. The summed E-state index contributed by atoms with van der Waals surface area (Å²) in [5.41, 5.74) is 11.5. The molecule has 0 aromatic heterocycles. The number of hydrazone groups is 1. The minimum absolute atomic E-state index is 0.0293. The van der Waals surface area contributed by atoms with E-state index in [2.05, 4.69) is 20.8 Å². The van der Waals surface area contributed by atoms with Gasteiger partial charge in [-0.3, -0.25) is 10.4 Å². The number of phenols is 1. The van der Waals surface area contributed by atoms with Crippen LogP contribution in [0.3, 0.4) is 0 Å². The van der Waals surface area contributed by atoms with Gasteiger partial charge in [0.2, 0.25) is 0 Å². The van der Waals surface area contributed by atoms with Gasteiger partial charge < -0.3 is 25.8 Å². The molecule has 1 fully saturated rings. The number of ether oxygens (including phenoxy) is 1. The topological polar surface area (TPSA) is 107 Å². The number of morpholine rings is 1. The predicted molar refractivity (Wildman–Crippen MR) is 136 cm³/mol. The van der Waals surface area contributed by atoms with Crippen molar-refractivity contribution in [1.29, 1.82) is 0 Å². The van der Waals surface area contributed by atoms with Crippen LogP contribution < -0.4 is 16.5 Å². The first kappa shape index (κ1) is 25.6. The summed E-state index contributed by atoms with van der Waals surface area (Å²) < 4.78 is 19.3. The Labute approximate surface area is 207 Å². The van der Waals surface area contributed by atoms with E-state index in [0.29, 0.717) is 49.0 Å². The van der Waals surface area contributed by atoms with Crippen molar-refractivity contribution in [2.45, 2.75) is 13.3 Å². The minimum Gasteiger partial charge on any atom is -0.506 e. The Morgan fingerprint density at radius 3 is 2.76 bits per heavy atom. The molecule has 0 bridgehead atoms. The summed E-state index contributed by atoms with van der Waals surface area (Å²) in [6, 6.07) is 8.99. The first-order chi connectivity index (χ1) is 16.4. The molecule has 0 radical (unpaired) electrons. The highest BCUT2D eigenvalue weighted by Gasteiger charge is 2.14. The SMILES string of the molecule is Cc1cccc(Cl)c1Nc1cc(Cl)c(O)c(C/C=N\NC/N=C\C(F)=C(/N)N2CCOCC2)c1. The summed E-state index contributed by atoms with van der Waals surface area (Å²) in [6.45, 7) is 4.11. The molecule has 1 aliphatic heterocycles. The molecule has 1 heterocycles. The lowest BCUT2D eigenvalue weighted by molar-refractivity contribution is 0.0520. The zero-order chi connectivity index (χ0) is 24.5. The number of nitrogens with two attached hydrogens (primary N) is 1. The van der Waals surface area contributed by atoms with Crippen molar-refractivity contribution in [1.82, 2.24) is 10.3 Å². The average molecular weight is 509 g/mol. The first-order valence-corrected chi connectivity index (χ1v) is 11.4. The van der Waals surface area contributed by atoms with Crippen molar-refractivity contribution in [3.63, 3.8) is 0 Å². The number of phenolic OH excluding ortho intramolecular Hbond substituents is 1. The molecule has 11 heteroatoms. The monoisotopic (exact) mass is 508 g/mol. The lowest BCUT2D eigenvalue weighted by Gasteiger charge is -2.28. The number of benzene rings is 2. The van der Waals surface area contributed by atoms with Gasteiger partial charge in [-0.1, -0.05) is 35.3 Å². The number of nitrogens with one attached hydrogen (secondary N) is 2. The van der Waals surface area contributed by atoms with Crippen LogP contribution in [0.5, 0.6) is 5.75 Å². The third-order valence-corrected chi connectivity index (χ3v) is 5.69. The summed E-state index contributed by atoms with van der Waals surface area (Å²) in [7, 11) is 0. The quantitative estimate of drug-likeness (QED) is 0.174. The van der Waals surface area contributed by atoms with Crippen molar-refractivity contribution < 1.29 is 14.2 Å². The number of anilines is 2. The zero-order valence-corrected chi connectivity index (χ0v) is 20.2. The summed E-state index contributed by atoms with van der Waals surface area (Å²) >= 11 is 12.5. The van der Waals surface area contributed by atoms with Gasteiger partial charge in [0.15, 0.2) is 5.83 Å². The van der Waals surface area contributed by atoms with E-state index < -0.39 is 5.83 Å². The lowest BCUT2D eigenvalue weighted by Crippen LogP contribution is -2.39. The number of hydrogen-bond acceptors (Lipinski definition) is 8. The highest BCUT2D eigenvalue weighted by atomic mass is 35.5. The van der Waals surface area contributed by atoms with Crippen LogP contribution in [0.25, 0.3) is 0 Å². The smallest absolute Gasteiger partial charge is 0.180 e. The van der Waals surface area contributed by atoms with Crippen LogP contribution in [0.2, 0.25) is 10.0 Å². The predicted octanol–water partition coefficient (Wildman–Crippen LogP) is 4.33.